The second kappa shape index (κ2) is 9.29. The second-order valence-electron chi connectivity index (χ2n) is 3.94. The van der Waals surface area contributed by atoms with Crippen molar-refractivity contribution in [3.05, 3.63) is 0 Å². The predicted octanol–water partition coefficient (Wildman–Crippen LogP) is -0.226. The van der Waals surface area contributed by atoms with Crippen molar-refractivity contribution in [3.8, 4) is 0 Å². The van der Waals surface area contributed by atoms with Crippen molar-refractivity contribution < 1.29 is 13.2 Å². The fraction of sp³-hybridized carbons (Fsp3) is 0.909. The molecule has 18 heavy (non-hydrogen) atoms. The van der Waals surface area contributed by atoms with Crippen LogP contribution in [-0.2, 0) is 14.8 Å². The van der Waals surface area contributed by atoms with E-state index in [1.54, 1.807) is 13.8 Å². The van der Waals surface area contributed by atoms with Crippen LogP contribution in [0.3, 0.4) is 0 Å². The summed E-state index contributed by atoms with van der Waals surface area (Å²) in [5.41, 5.74) is 0. The van der Waals surface area contributed by atoms with Gasteiger partial charge in [0.05, 0.1) is 0 Å². The normalized spacial score (nSPS) is 11.8. The van der Waals surface area contributed by atoms with Crippen LogP contribution in [-0.4, -0.2) is 57.1 Å². The first-order valence-electron chi connectivity index (χ1n) is 6.43. The zero-order valence-electron chi connectivity index (χ0n) is 11.5. The molecule has 0 unspecified atom stereocenters. The molecule has 0 bridgehead atoms. The molecule has 0 spiro atoms. The van der Waals surface area contributed by atoms with Gasteiger partial charge in [0, 0.05) is 26.2 Å². The fourth-order valence-electron chi connectivity index (χ4n) is 1.52. The summed E-state index contributed by atoms with van der Waals surface area (Å²) in [5, 5.41) is 5.72. The first-order valence-corrected chi connectivity index (χ1v) is 8.04. The Morgan fingerprint density at radius 3 is 2.17 bits per heavy atom. The Balaban J connectivity index is 4.00. The Morgan fingerprint density at radius 1 is 1.06 bits per heavy atom. The first-order chi connectivity index (χ1) is 8.47. The number of rotatable bonds is 10. The summed E-state index contributed by atoms with van der Waals surface area (Å²) < 4.78 is 24.9. The molecule has 0 aromatic carbocycles. The predicted molar refractivity (Wildman–Crippen MR) is 72.9 cm³/mol. The Morgan fingerprint density at radius 2 is 1.67 bits per heavy atom. The van der Waals surface area contributed by atoms with Gasteiger partial charge in [0.25, 0.3) is 0 Å². The van der Waals surface area contributed by atoms with Crippen molar-refractivity contribution >= 4 is 15.9 Å². The molecule has 0 aromatic heterocycles. The average Bonchev–Trinajstić information content (AvgIpc) is 2.29. The van der Waals surface area contributed by atoms with Crippen LogP contribution in [0.25, 0.3) is 0 Å². The Bertz CT molecular complexity index is 326. The van der Waals surface area contributed by atoms with Crippen molar-refractivity contribution in [3.63, 3.8) is 0 Å². The molecule has 0 aliphatic heterocycles. The monoisotopic (exact) mass is 279 g/mol. The fourth-order valence-corrected chi connectivity index (χ4v) is 2.92. The summed E-state index contributed by atoms with van der Waals surface area (Å²) >= 11 is 0. The van der Waals surface area contributed by atoms with Crippen molar-refractivity contribution in [1.82, 2.24) is 14.9 Å². The van der Waals surface area contributed by atoms with Crippen molar-refractivity contribution in [2.75, 3.05) is 38.5 Å². The van der Waals surface area contributed by atoms with Crippen LogP contribution < -0.4 is 10.6 Å². The second-order valence-corrected chi connectivity index (χ2v) is 5.91. The highest BCUT2D eigenvalue weighted by atomic mass is 32.2. The van der Waals surface area contributed by atoms with E-state index in [0.717, 1.165) is 13.0 Å². The maximum absolute atomic E-state index is 11.8. The first kappa shape index (κ1) is 17.3. The van der Waals surface area contributed by atoms with Gasteiger partial charge in [-0.1, -0.05) is 20.8 Å². The molecule has 0 radical (unpaired) electrons. The SMILES string of the molecule is CCCNCCNC(=O)CS(=O)(=O)N(CC)CC. The molecule has 0 heterocycles. The number of carbonyl (C=O) groups excluding carboxylic acids is 1. The maximum Gasteiger partial charge on any atom is 0.236 e. The highest BCUT2D eigenvalue weighted by molar-refractivity contribution is 7.89. The van der Waals surface area contributed by atoms with Crippen molar-refractivity contribution in [1.29, 1.82) is 0 Å². The number of amides is 1. The van der Waals surface area contributed by atoms with Crippen molar-refractivity contribution in [2.24, 2.45) is 0 Å². The third kappa shape index (κ3) is 6.93. The van der Waals surface area contributed by atoms with E-state index in [4.69, 9.17) is 0 Å². The quantitative estimate of drug-likeness (QED) is 0.542. The van der Waals surface area contributed by atoms with Gasteiger partial charge in [-0.05, 0) is 13.0 Å². The lowest BCUT2D eigenvalue weighted by molar-refractivity contribution is -0.118. The number of nitrogens with zero attached hydrogens (tertiary/aromatic N) is 1. The zero-order chi connectivity index (χ0) is 14.0. The lowest BCUT2D eigenvalue weighted by Crippen LogP contribution is -2.41. The molecule has 2 N–H and O–H groups in total. The van der Waals surface area contributed by atoms with Crippen LogP contribution >= 0.6 is 0 Å². The summed E-state index contributed by atoms with van der Waals surface area (Å²) in [6.07, 6.45) is 1.03. The third-order valence-corrected chi connectivity index (χ3v) is 4.39. The molecule has 0 aliphatic carbocycles. The average molecular weight is 279 g/mol. The highest BCUT2D eigenvalue weighted by Crippen LogP contribution is 2.00. The van der Waals surface area contributed by atoms with E-state index < -0.39 is 21.7 Å². The summed E-state index contributed by atoms with van der Waals surface area (Å²) in [6, 6.07) is 0. The van der Waals surface area contributed by atoms with Crippen LogP contribution in [0.4, 0.5) is 0 Å². The molecule has 0 atom stereocenters. The number of hydrogen-bond acceptors (Lipinski definition) is 4. The summed E-state index contributed by atoms with van der Waals surface area (Å²) in [6.45, 7) is 8.36. The van der Waals surface area contributed by atoms with Gasteiger partial charge in [-0.25, -0.2) is 12.7 Å². The molecule has 0 fully saturated rings. The molecule has 1 amide bonds. The molecular formula is C11H25N3O3S. The molecule has 0 aliphatic rings. The molecular weight excluding hydrogens is 254 g/mol. The van der Waals surface area contributed by atoms with Gasteiger partial charge in [0.2, 0.25) is 15.9 Å². The van der Waals surface area contributed by atoms with E-state index in [0.29, 0.717) is 26.2 Å². The Kier molecular flexibility index (Phi) is 8.95. The minimum Gasteiger partial charge on any atom is -0.354 e. The number of carbonyl (C=O) groups is 1. The van der Waals surface area contributed by atoms with Gasteiger partial charge < -0.3 is 10.6 Å². The van der Waals surface area contributed by atoms with Crippen LogP contribution in [0.1, 0.15) is 27.2 Å². The van der Waals surface area contributed by atoms with E-state index in [-0.39, 0.29) is 0 Å². The van der Waals surface area contributed by atoms with E-state index in [2.05, 4.69) is 17.6 Å². The molecule has 7 heteroatoms. The van der Waals surface area contributed by atoms with E-state index >= 15 is 0 Å². The molecule has 0 saturated carbocycles. The zero-order valence-corrected chi connectivity index (χ0v) is 12.3. The Hall–Kier alpha value is -0.660. The lowest BCUT2D eigenvalue weighted by atomic mass is 10.4. The van der Waals surface area contributed by atoms with Gasteiger partial charge >= 0.3 is 0 Å². The number of hydrogen-bond donors (Lipinski definition) is 2. The van der Waals surface area contributed by atoms with Gasteiger partial charge in [-0.2, -0.15) is 0 Å². The van der Waals surface area contributed by atoms with Gasteiger partial charge in [-0.15, -0.1) is 0 Å². The minimum atomic E-state index is -3.47. The molecule has 0 rings (SSSR count). The topological polar surface area (TPSA) is 78.5 Å². The minimum absolute atomic E-state index is 0.393. The standard InChI is InChI=1S/C11H25N3O3S/c1-4-7-12-8-9-13-11(15)10-18(16,17)14(5-2)6-3/h12H,4-10H2,1-3H3,(H,13,15). The molecule has 0 saturated heterocycles. The summed E-state index contributed by atoms with van der Waals surface area (Å²) in [4.78, 5) is 11.5. The number of nitrogens with one attached hydrogen (secondary N) is 2. The van der Waals surface area contributed by atoms with Gasteiger partial charge in [-0.3, -0.25) is 4.79 Å². The van der Waals surface area contributed by atoms with Crippen LogP contribution in [0.15, 0.2) is 0 Å². The van der Waals surface area contributed by atoms with Crippen LogP contribution in [0.5, 0.6) is 0 Å². The van der Waals surface area contributed by atoms with E-state index in [9.17, 15) is 13.2 Å². The van der Waals surface area contributed by atoms with Gasteiger partial charge in [0.1, 0.15) is 5.75 Å². The lowest BCUT2D eigenvalue weighted by Gasteiger charge is -2.17. The summed E-state index contributed by atoms with van der Waals surface area (Å²) in [7, 11) is -3.47. The largest absolute Gasteiger partial charge is 0.354 e. The van der Waals surface area contributed by atoms with Crippen molar-refractivity contribution in [2.45, 2.75) is 27.2 Å². The van der Waals surface area contributed by atoms with E-state index in [1.807, 2.05) is 0 Å². The van der Waals surface area contributed by atoms with Gasteiger partial charge in [0.15, 0.2) is 0 Å². The van der Waals surface area contributed by atoms with Crippen LogP contribution in [0, 0.1) is 0 Å². The van der Waals surface area contributed by atoms with E-state index in [1.165, 1.54) is 4.31 Å². The highest BCUT2D eigenvalue weighted by Gasteiger charge is 2.22. The molecule has 6 nitrogen and oxygen atoms in total. The van der Waals surface area contributed by atoms with Crippen LogP contribution in [0.2, 0.25) is 0 Å². The number of sulfonamides is 1. The summed E-state index contributed by atoms with van der Waals surface area (Å²) in [5.74, 6) is -0.914. The third-order valence-electron chi connectivity index (χ3n) is 2.46. The molecule has 0 aromatic rings. The molecule has 108 valence electrons. The smallest absolute Gasteiger partial charge is 0.236 e. The Labute approximate surface area is 110 Å². The maximum atomic E-state index is 11.8.